The van der Waals surface area contributed by atoms with E-state index in [9.17, 15) is 18.0 Å². The number of aromatic amines is 1. The average Bonchev–Trinajstić information content (AvgIpc) is 3.32. The minimum absolute atomic E-state index is 0.0441. The SMILES string of the molecule is O=c1cc(C(F)(F)F)c2c3c(ccc2[nH]1)N(Cc1ccoc1)C1CCCC31. The standard InChI is InChI=1S/C20H17F3N2O2/c21-20(22,23)13-8-17(26)24-14-4-5-16-18(19(13)14)12-2-1-3-15(12)25(16)9-11-6-7-27-10-11/h4-8,10,12,15H,1-3,9H2,(H,24,26). The Morgan fingerprint density at radius 1 is 1.22 bits per heavy atom. The summed E-state index contributed by atoms with van der Waals surface area (Å²) >= 11 is 0. The number of fused-ring (bicyclic) bond motifs is 5. The van der Waals surface area contributed by atoms with Crippen LogP contribution in [0.5, 0.6) is 0 Å². The number of alkyl halides is 3. The van der Waals surface area contributed by atoms with Gasteiger partial charge in [0.25, 0.3) is 0 Å². The van der Waals surface area contributed by atoms with Gasteiger partial charge in [0, 0.05) is 46.7 Å². The van der Waals surface area contributed by atoms with Crippen molar-refractivity contribution < 1.29 is 17.6 Å². The lowest BCUT2D eigenvalue weighted by molar-refractivity contribution is -0.136. The molecule has 0 spiro atoms. The van der Waals surface area contributed by atoms with Gasteiger partial charge in [-0.25, -0.2) is 0 Å². The van der Waals surface area contributed by atoms with Gasteiger partial charge < -0.3 is 14.3 Å². The second kappa shape index (κ2) is 5.65. The monoisotopic (exact) mass is 374 g/mol. The van der Waals surface area contributed by atoms with Gasteiger partial charge in [-0.3, -0.25) is 4.79 Å². The molecule has 1 N–H and O–H groups in total. The van der Waals surface area contributed by atoms with E-state index in [1.54, 1.807) is 18.6 Å². The molecule has 27 heavy (non-hydrogen) atoms. The van der Waals surface area contributed by atoms with Crippen LogP contribution in [0, 0.1) is 0 Å². The number of halogens is 3. The zero-order chi connectivity index (χ0) is 18.8. The Bertz CT molecular complexity index is 1070. The van der Waals surface area contributed by atoms with Crippen LogP contribution in [0.15, 0.2) is 46.0 Å². The zero-order valence-electron chi connectivity index (χ0n) is 14.3. The second-order valence-corrected chi connectivity index (χ2v) is 7.33. The van der Waals surface area contributed by atoms with Crippen LogP contribution in [-0.2, 0) is 12.7 Å². The van der Waals surface area contributed by atoms with Crippen molar-refractivity contribution >= 4 is 16.6 Å². The summed E-state index contributed by atoms with van der Waals surface area (Å²) in [6.45, 7) is 0.598. The molecule has 0 bridgehead atoms. The highest BCUT2D eigenvalue weighted by atomic mass is 19.4. The lowest BCUT2D eigenvalue weighted by Gasteiger charge is -2.26. The first kappa shape index (κ1) is 16.5. The Balaban J connectivity index is 1.77. The van der Waals surface area contributed by atoms with Crippen LogP contribution in [0.1, 0.15) is 41.9 Å². The van der Waals surface area contributed by atoms with E-state index in [-0.39, 0.29) is 22.9 Å². The molecule has 7 heteroatoms. The Morgan fingerprint density at radius 2 is 2.07 bits per heavy atom. The molecule has 1 aromatic carbocycles. The number of anilines is 1. The number of aromatic nitrogens is 1. The maximum Gasteiger partial charge on any atom is 0.417 e. The van der Waals surface area contributed by atoms with Gasteiger partial charge in [-0.1, -0.05) is 6.42 Å². The first-order valence-electron chi connectivity index (χ1n) is 8.98. The van der Waals surface area contributed by atoms with Crippen LogP contribution in [0.3, 0.4) is 0 Å². The summed E-state index contributed by atoms with van der Waals surface area (Å²) in [6, 6.07) is 6.17. The largest absolute Gasteiger partial charge is 0.472 e. The number of H-pyrrole nitrogens is 1. The Morgan fingerprint density at radius 3 is 2.81 bits per heavy atom. The fourth-order valence-electron chi connectivity index (χ4n) is 4.83. The van der Waals surface area contributed by atoms with Gasteiger partial charge in [0.1, 0.15) is 0 Å². The third-order valence-corrected chi connectivity index (χ3v) is 5.82. The Kier molecular flexibility index (Phi) is 3.44. The van der Waals surface area contributed by atoms with Gasteiger partial charge in [-0.15, -0.1) is 0 Å². The highest BCUT2D eigenvalue weighted by molar-refractivity contribution is 5.93. The first-order valence-corrected chi connectivity index (χ1v) is 8.98. The van der Waals surface area contributed by atoms with E-state index in [1.165, 1.54) is 0 Å². The molecular formula is C20H17F3N2O2. The number of benzene rings is 1. The van der Waals surface area contributed by atoms with Crippen molar-refractivity contribution in [2.45, 2.75) is 43.9 Å². The molecule has 1 aliphatic heterocycles. The zero-order valence-corrected chi connectivity index (χ0v) is 14.3. The minimum Gasteiger partial charge on any atom is -0.472 e. The molecular weight excluding hydrogens is 357 g/mol. The van der Waals surface area contributed by atoms with E-state index in [1.807, 2.05) is 12.1 Å². The van der Waals surface area contributed by atoms with Crippen molar-refractivity contribution in [3.63, 3.8) is 0 Å². The van der Waals surface area contributed by atoms with E-state index in [0.29, 0.717) is 12.6 Å². The fourth-order valence-corrected chi connectivity index (χ4v) is 4.83. The van der Waals surface area contributed by atoms with Crippen molar-refractivity contribution in [2.75, 3.05) is 4.90 Å². The quantitative estimate of drug-likeness (QED) is 0.701. The first-order chi connectivity index (χ1) is 12.9. The second-order valence-electron chi connectivity index (χ2n) is 7.33. The molecule has 2 atom stereocenters. The van der Waals surface area contributed by atoms with Crippen LogP contribution in [0.25, 0.3) is 10.9 Å². The van der Waals surface area contributed by atoms with Gasteiger partial charge >= 0.3 is 6.18 Å². The molecule has 3 heterocycles. The number of furan rings is 1. The smallest absolute Gasteiger partial charge is 0.417 e. The maximum absolute atomic E-state index is 13.7. The average molecular weight is 374 g/mol. The molecule has 140 valence electrons. The van der Waals surface area contributed by atoms with Crippen LogP contribution in [0.4, 0.5) is 18.9 Å². The molecule has 1 saturated carbocycles. The summed E-state index contributed by atoms with van der Waals surface area (Å²) in [5.41, 5.74) is 1.23. The highest BCUT2D eigenvalue weighted by Crippen LogP contribution is 2.53. The number of hydrogen-bond acceptors (Lipinski definition) is 3. The van der Waals surface area contributed by atoms with Crippen molar-refractivity contribution in [3.8, 4) is 0 Å². The van der Waals surface area contributed by atoms with E-state index in [2.05, 4.69) is 9.88 Å². The Hall–Kier alpha value is -2.70. The topological polar surface area (TPSA) is 49.2 Å². The van der Waals surface area contributed by atoms with Gasteiger partial charge in [-0.05, 0) is 36.6 Å². The van der Waals surface area contributed by atoms with E-state index in [0.717, 1.165) is 36.1 Å². The summed E-state index contributed by atoms with van der Waals surface area (Å²) in [6.07, 6.45) is 1.48. The minimum atomic E-state index is -4.58. The van der Waals surface area contributed by atoms with Crippen LogP contribution >= 0.6 is 0 Å². The third kappa shape index (κ3) is 2.48. The predicted molar refractivity (Wildman–Crippen MR) is 94.8 cm³/mol. The van der Waals surface area contributed by atoms with Gasteiger partial charge in [-0.2, -0.15) is 13.2 Å². The molecule has 1 fully saturated rings. The molecule has 0 radical (unpaired) electrons. The molecule has 5 rings (SSSR count). The summed E-state index contributed by atoms with van der Waals surface area (Å²) in [7, 11) is 0. The molecule has 2 aromatic heterocycles. The number of nitrogens with zero attached hydrogens (tertiary/aromatic N) is 1. The molecule has 2 aliphatic rings. The lowest BCUT2D eigenvalue weighted by atomic mass is 9.91. The molecule has 1 aliphatic carbocycles. The van der Waals surface area contributed by atoms with Crippen LogP contribution in [-0.4, -0.2) is 11.0 Å². The van der Waals surface area contributed by atoms with Gasteiger partial charge in [0.05, 0.1) is 18.1 Å². The van der Waals surface area contributed by atoms with Crippen LogP contribution < -0.4 is 10.5 Å². The van der Waals surface area contributed by atoms with E-state index < -0.39 is 17.3 Å². The Labute approximate surface area is 152 Å². The predicted octanol–water partition coefficient (Wildman–Crippen LogP) is 4.80. The summed E-state index contributed by atoms with van der Waals surface area (Å²) in [5, 5.41) is 0.145. The van der Waals surface area contributed by atoms with Gasteiger partial charge in [0.15, 0.2) is 0 Å². The summed E-state index contributed by atoms with van der Waals surface area (Å²) in [5.74, 6) is 0.0441. The van der Waals surface area contributed by atoms with E-state index >= 15 is 0 Å². The molecule has 3 aromatic rings. The maximum atomic E-state index is 13.7. The summed E-state index contributed by atoms with van der Waals surface area (Å²) in [4.78, 5) is 16.6. The molecule has 2 unspecified atom stereocenters. The number of pyridine rings is 1. The normalized spacial score (nSPS) is 21.7. The van der Waals surface area contributed by atoms with Crippen LogP contribution in [0.2, 0.25) is 0 Å². The number of nitrogens with one attached hydrogen (secondary N) is 1. The fraction of sp³-hybridized carbons (Fsp3) is 0.350. The van der Waals surface area contributed by atoms with Crippen molar-refractivity contribution in [2.24, 2.45) is 0 Å². The lowest BCUT2D eigenvalue weighted by Crippen LogP contribution is -2.30. The molecule has 0 amide bonds. The highest BCUT2D eigenvalue weighted by Gasteiger charge is 2.44. The van der Waals surface area contributed by atoms with E-state index in [4.69, 9.17) is 4.42 Å². The third-order valence-electron chi connectivity index (χ3n) is 5.82. The number of hydrogen-bond donors (Lipinski definition) is 1. The summed E-state index contributed by atoms with van der Waals surface area (Å²) < 4.78 is 46.4. The van der Waals surface area contributed by atoms with Crippen molar-refractivity contribution in [3.05, 3.63) is 63.8 Å². The number of rotatable bonds is 2. The molecule has 4 nitrogen and oxygen atoms in total. The van der Waals surface area contributed by atoms with Crippen molar-refractivity contribution in [1.82, 2.24) is 4.98 Å². The van der Waals surface area contributed by atoms with Gasteiger partial charge in [0.2, 0.25) is 5.56 Å². The van der Waals surface area contributed by atoms with Crippen molar-refractivity contribution in [1.29, 1.82) is 0 Å². The molecule has 0 saturated heterocycles.